The molecule has 0 radical (unpaired) electrons. The van der Waals surface area contributed by atoms with E-state index in [0.717, 1.165) is 11.8 Å². The smallest absolute Gasteiger partial charge is 0.270 e. The van der Waals surface area contributed by atoms with Crippen molar-refractivity contribution in [3.63, 3.8) is 0 Å². The summed E-state index contributed by atoms with van der Waals surface area (Å²) >= 11 is 6.67. The van der Waals surface area contributed by atoms with Crippen LogP contribution in [0.25, 0.3) is 6.08 Å². The fraction of sp³-hybridized carbons (Fsp3) is 0.0833. The van der Waals surface area contributed by atoms with E-state index in [9.17, 15) is 13.2 Å². The first-order chi connectivity index (χ1) is 15.7. The molecular formula is C24H19NO5S3. The highest BCUT2D eigenvalue weighted by Gasteiger charge is 2.33. The molecule has 168 valence electrons. The molecule has 1 heterocycles. The Kier molecular flexibility index (Phi) is 6.55. The monoisotopic (exact) mass is 497 g/mol. The normalized spacial score (nSPS) is 15.2. The van der Waals surface area contributed by atoms with Gasteiger partial charge in [0.15, 0.2) is 14.2 Å². The van der Waals surface area contributed by atoms with Crippen molar-refractivity contribution in [3.8, 4) is 17.2 Å². The lowest BCUT2D eigenvalue weighted by Crippen LogP contribution is -2.27. The van der Waals surface area contributed by atoms with Crippen LogP contribution in [0.2, 0.25) is 0 Å². The number of hydrogen-bond acceptors (Lipinski definition) is 7. The molecule has 0 saturated carbocycles. The summed E-state index contributed by atoms with van der Waals surface area (Å²) in [6, 6.07) is 20.6. The molecule has 0 unspecified atom stereocenters. The second-order valence-corrected chi connectivity index (χ2v) is 10.8. The molecule has 1 amide bonds. The van der Waals surface area contributed by atoms with Crippen LogP contribution in [0.4, 0.5) is 5.69 Å². The number of ether oxygens (including phenoxy) is 2. The number of rotatable bonds is 6. The van der Waals surface area contributed by atoms with Crippen LogP contribution in [0.1, 0.15) is 5.56 Å². The lowest BCUT2D eigenvalue weighted by Gasteiger charge is -2.15. The van der Waals surface area contributed by atoms with E-state index >= 15 is 0 Å². The van der Waals surface area contributed by atoms with E-state index in [1.165, 1.54) is 28.8 Å². The lowest BCUT2D eigenvalue weighted by molar-refractivity contribution is -0.113. The maximum absolute atomic E-state index is 13.0. The summed E-state index contributed by atoms with van der Waals surface area (Å²) in [7, 11) is -1.68. The van der Waals surface area contributed by atoms with Crippen molar-refractivity contribution in [2.45, 2.75) is 4.90 Å². The number of nitrogens with zero attached hydrogens (tertiary/aromatic N) is 1. The minimum absolute atomic E-state index is 0.190. The molecule has 3 aromatic carbocycles. The summed E-state index contributed by atoms with van der Waals surface area (Å²) in [5.74, 6) is 1.56. The third kappa shape index (κ3) is 5.27. The van der Waals surface area contributed by atoms with E-state index < -0.39 is 9.84 Å². The van der Waals surface area contributed by atoms with E-state index in [4.69, 9.17) is 21.7 Å². The number of thiocarbonyl (C=S) groups is 1. The topological polar surface area (TPSA) is 72.9 Å². The SMILES string of the molecule is COc1cccc(N2C(=O)/C(=C/c3ccc(Oc4ccc(S(C)(=O)=O)cc4)cc3)SC2=S)c1. The zero-order valence-corrected chi connectivity index (χ0v) is 20.2. The Morgan fingerprint density at radius 1 is 0.939 bits per heavy atom. The highest BCUT2D eigenvalue weighted by molar-refractivity contribution is 8.27. The lowest BCUT2D eigenvalue weighted by atomic mass is 10.2. The molecule has 0 bridgehead atoms. The van der Waals surface area contributed by atoms with Gasteiger partial charge in [-0.25, -0.2) is 8.42 Å². The highest BCUT2D eigenvalue weighted by Crippen LogP contribution is 2.37. The molecule has 6 nitrogen and oxygen atoms in total. The van der Waals surface area contributed by atoms with Crippen LogP contribution < -0.4 is 14.4 Å². The van der Waals surface area contributed by atoms with Crippen LogP contribution in [-0.2, 0) is 14.6 Å². The molecule has 4 rings (SSSR count). The van der Waals surface area contributed by atoms with Crippen LogP contribution in [0.5, 0.6) is 17.2 Å². The Morgan fingerprint density at radius 2 is 1.58 bits per heavy atom. The summed E-state index contributed by atoms with van der Waals surface area (Å²) in [6.45, 7) is 0. The number of carbonyl (C=O) groups excluding carboxylic acids is 1. The van der Waals surface area contributed by atoms with Gasteiger partial charge in [0, 0.05) is 12.3 Å². The number of carbonyl (C=O) groups is 1. The quantitative estimate of drug-likeness (QED) is 0.338. The van der Waals surface area contributed by atoms with E-state index in [0.29, 0.717) is 32.2 Å². The number of amides is 1. The van der Waals surface area contributed by atoms with Gasteiger partial charge in [0.25, 0.3) is 5.91 Å². The van der Waals surface area contributed by atoms with Crippen molar-refractivity contribution >= 4 is 55.8 Å². The zero-order chi connectivity index (χ0) is 23.6. The van der Waals surface area contributed by atoms with Crippen molar-refractivity contribution in [1.29, 1.82) is 0 Å². The van der Waals surface area contributed by atoms with Gasteiger partial charge in [-0.1, -0.05) is 42.2 Å². The Labute approximate surface area is 201 Å². The van der Waals surface area contributed by atoms with Gasteiger partial charge in [-0.15, -0.1) is 0 Å². The second-order valence-electron chi connectivity index (χ2n) is 7.13. The Hall–Kier alpha value is -3.14. The van der Waals surface area contributed by atoms with Gasteiger partial charge in [0.2, 0.25) is 0 Å². The number of methoxy groups -OCH3 is 1. The number of thioether (sulfide) groups is 1. The van der Waals surface area contributed by atoms with E-state index in [1.807, 2.05) is 24.3 Å². The van der Waals surface area contributed by atoms with Gasteiger partial charge < -0.3 is 9.47 Å². The predicted molar refractivity (Wildman–Crippen MR) is 135 cm³/mol. The molecule has 1 saturated heterocycles. The Morgan fingerprint density at radius 3 is 2.18 bits per heavy atom. The first kappa shape index (κ1) is 23.0. The molecule has 0 aliphatic carbocycles. The van der Waals surface area contributed by atoms with E-state index in [-0.39, 0.29) is 10.8 Å². The minimum Gasteiger partial charge on any atom is -0.497 e. The molecule has 1 fully saturated rings. The Balaban J connectivity index is 1.48. The van der Waals surface area contributed by atoms with Crippen LogP contribution in [0.3, 0.4) is 0 Å². The van der Waals surface area contributed by atoms with Gasteiger partial charge in [-0.05, 0) is 60.2 Å². The van der Waals surface area contributed by atoms with Crippen molar-refractivity contribution in [2.24, 2.45) is 0 Å². The molecule has 1 aliphatic rings. The number of anilines is 1. The van der Waals surface area contributed by atoms with E-state index in [1.54, 1.807) is 49.6 Å². The van der Waals surface area contributed by atoms with Gasteiger partial charge >= 0.3 is 0 Å². The van der Waals surface area contributed by atoms with E-state index in [2.05, 4.69) is 0 Å². The first-order valence-corrected chi connectivity index (χ1v) is 12.9. The standard InChI is InChI=1S/C24H19NO5S3/c1-29-20-5-3-4-17(15-20)25-23(26)22(32-24(25)31)14-16-6-8-18(9-7-16)30-19-10-12-21(13-11-19)33(2,27)28/h3-15H,1-2H3/b22-14-. The second kappa shape index (κ2) is 9.38. The van der Waals surface area contributed by atoms with Gasteiger partial charge in [0.05, 0.1) is 22.6 Å². The maximum atomic E-state index is 13.0. The highest BCUT2D eigenvalue weighted by atomic mass is 32.2. The maximum Gasteiger partial charge on any atom is 0.270 e. The van der Waals surface area contributed by atoms with Crippen LogP contribution >= 0.6 is 24.0 Å². The van der Waals surface area contributed by atoms with Gasteiger partial charge in [-0.2, -0.15) is 0 Å². The summed E-state index contributed by atoms with van der Waals surface area (Å²) in [5, 5.41) is 0. The first-order valence-electron chi connectivity index (χ1n) is 9.75. The van der Waals surface area contributed by atoms with Crippen LogP contribution in [0, 0.1) is 0 Å². The Bertz CT molecular complexity index is 1350. The molecular weight excluding hydrogens is 478 g/mol. The minimum atomic E-state index is -3.25. The van der Waals surface area contributed by atoms with Gasteiger partial charge in [-0.3, -0.25) is 9.69 Å². The molecule has 0 spiro atoms. The fourth-order valence-electron chi connectivity index (χ4n) is 3.11. The summed E-state index contributed by atoms with van der Waals surface area (Å²) < 4.78 is 34.6. The molecule has 0 aromatic heterocycles. The van der Waals surface area contributed by atoms with Crippen molar-refractivity contribution in [3.05, 3.63) is 83.3 Å². The number of sulfone groups is 1. The summed E-state index contributed by atoms with van der Waals surface area (Å²) in [6.07, 6.45) is 2.94. The molecule has 3 aromatic rings. The largest absolute Gasteiger partial charge is 0.497 e. The average molecular weight is 498 g/mol. The predicted octanol–water partition coefficient (Wildman–Crippen LogP) is 5.30. The summed E-state index contributed by atoms with van der Waals surface area (Å²) in [4.78, 5) is 15.2. The average Bonchev–Trinajstić information content (AvgIpc) is 3.07. The molecule has 0 N–H and O–H groups in total. The molecule has 9 heteroatoms. The third-order valence-electron chi connectivity index (χ3n) is 4.77. The number of benzene rings is 3. The molecule has 0 atom stereocenters. The van der Waals surface area contributed by atoms with Crippen molar-refractivity contribution in [2.75, 3.05) is 18.3 Å². The van der Waals surface area contributed by atoms with Gasteiger partial charge in [0.1, 0.15) is 17.2 Å². The third-order valence-corrected chi connectivity index (χ3v) is 7.20. The zero-order valence-electron chi connectivity index (χ0n) is 17.7. The number of hydrogen-bond donors (Lipinski definition) is 0. The molecule has 1 aliphatic heterocycles. The molecule has 33 heavy (non-hydrogen) atoms. The fourth-order valence-corrected chi connectivity index (χ4v) is 5.04. The summed E-state index contributed by atoms with van der Waals surface area (Å²) in [5.41, 5.74) is 1.48. The van der Waals surface area contributed by atoms with Crippen LogP contribution in [0.15, 0.2) is 82.6 Å². The van der Waals surface area contributed by atoms with Crippen LogP contribution in [-0.4, -0.2) is 32.0 Å². The van der Waals surface area contributed by atoms with Crippen molar-refractivity contribution in [1.82, 2.24) is 0 Å². The van der Waals surface area contributed by atoms with Crippen molar-refractivity contribution < 1.29 is 22.7 Å².